The first-order chi connectivity index (χ1) is 8.34. The van der Waals surface area contributed by atoms with Gasteiger partial charge in [-0.2, -0.15) is 16.3 Å². The Balaban J connectivity index is 1.84. The van der Waals surface area contributed by atoms with Gasteiger partial charge in [0.05, 0.1) is 12.5 Å². The number of hydrogen-bond acceptors (Lipinski definition) is 6. The molecule has 5 nitrogen and oxygen atoms in total. The average molecular weight is 251 g/mol. The van der Waals surface area contributed by atoms with E-state index in [0.29, 0.717) is 24.9 Å². The Morgan fingerprint density at radius 3 is 3.18 bits per heavy atom. The van der Waals surface area contributed by atoms with Gasteiger partial charge >= 0.3 is 0 Å². The molecule has 2 aromatic rings. The summed E-state index contributed by atoms with van der Waals surface area (Å²) >= 11 is 1.61. The van der Waals surface area contributed by atoms with Crippen molar-refractivity contribution in [2.75, 3.05) is 13.2 Å². The van der Waals surface area contributed by atoms with Crippen LogP contribution in [0.25, 0.3) is 11.4 Å². The second-order valence-corrected chi connectivity index (χ2v) is 4.88. The van der Waals surface area contributed by atoms with Crippen LogP contribution in [0.5, 0.6) is 0 Å². The number of thiophene rings is 1. The lowest BCUT2D eigenvalue weighted by molar-refractivity contribution is 0.0590. The molecule has 6 heteroatoms. The lowest BCUT2D eigenvalue weighted by Gasteiger charge is -2.25. The van der Waals surface area contributed by atoms with Crippen LogP contribution in [0.3, 0.4) is 0 Å². The molecule has 2 atom stereocenters. The van der Waals surface area contributed by atoms with Gasteiger partial charge in [-0.3, -0.25) is 0 Å². The highest BCUT2D eigenvalue weighted by Crippen LogP contribution is 2.26. The highest BCUT2D eigenvalue weighted by atomic mass is 32.1. The Kier molecular flexibility index (Phi) is 2.92. The zero-order chi connectivity index (χ0) is 11.7. The summed E-state index contributed by atoms with van der Waals surface area (Å²) in [4.78, 5) is 4.40. The molecular formula is C11H13N3O2S. The molecule has 0 saturated carbocycles. The summed E-state index contributed by atoms with van der Waals surface area (Å²) in [5.41, 5.74) is 7.01. The van der Waals surface area contributed by atoms with Gasteiger partial charge < -0.3 is 15.0 Å². The van der Waals surface area contributed by atoms with Crippen LogP contribution < -0.4 is 5.73 Å². The van der Waals surface area contributed by atoms with Gasteiger partial charge in [-0.25, -0.2) is 0 Å². The van der Waals surface area contributed by atoms with Gasteiger partial charge in [0.25, 0.3) is 0 Å². The van der Waals surface area contributed by atoms with Crippen molar-refractivity contribution in [3.63, 3.8) is 0 Å². The van der Waals surface area contributed by atoms with Gasteiger partial charge in [-0.15, -0.1) is 0 Å². The zero-order valence-corrected chi connectivity index (χ0v) is 10.0. The fourth-order valence-corrected chi connectivity index (χ4v) is 2.54. The van der Waals surface area contributed by atoms with E-state index in [9.17, 15) is 0 Å². The van der Waals surface area contributed by atoms with E-state index in [-0.39, 0.29) is 12.0 Å². The molecule has 1 aliphatic heterocycles. The molecular weight excluding hydrogens is 238 g/mol. The van der Waals surface area contributed by atoms with E-state index < -0.39 is 0 Å². The zero-order valence-electron chi connectivity index (χ0n) is 9.20. The molecule has 17 heavy (non-hydrogen) atoms. The fourth-order valence-electron chi connectivity index (χ4n) is 1.90. The van der Waals surface area contributed by atoms with Gasteiger partial charge in [0.15, 0.2) is 0 Å². The fraction of sp³-hybridized carbons (Fsp3) is 0.455. The third kappa shape index (κ3) is 2.11. The standard InChI is InChI=1S/C11H13N3O2S/c12-9-1-3-15-5-8(9)11-13-10(14-16-11)7-2-4-17-6-7/h2,4,6,8-9H,1,3,5,12H2. The molecule has 2 unspecified atom stereocenters. The molecule has 90 valence electrons. The average Bonchev–Trinajstić information content (AvgIpc) is 3.00. The quantitative estimate of drug-likeness (QED) is 0.878. The Bertz CT molecular complexity index is 483. The van der Waals surface area contributed by atoms with E-state index in [2.05, 4.69) is 10.1 Å². The summed E-state index contributed by atoms with van der Waals surface area (Å²) in [5.74, 6) is 1.22. The van der Waals surface area contributed by atoms with E-state index in [0.717, 1.165) is 12.0 Å². The topological polar surface area (TPSA) is 74.2 Å². The SMILES string of the molecule is NC1CCOCC1c1nc(-c2ccsc2)no1. The third-order valence-corrected chi connectivity index (χ3v) is 3.63. The van der Waals surface area contributed by atoms with Crippen LogP contribution in [0.1, 0.15) is 18.2 Å². The van der Waals surface area contributed by atoms with Gasteiger partial charge in [0.1, 0.15) is 0 Å². The first-order valence-corrected chi connectivity index (χ1v) is 6.48. The minimum atomic E-state index is 0.0173. The van der Waals surface area contributed by atoms with Crippen LogP contribution >= 0.6 is 11.3 Å². The van der Waals surface area contributed by atoms with Gasteiger partial charge in [-0.1, -0.05) is 5.16 Å². The summed E-state index contributed by atoms with van der Waals surface area (Å²) in [6, 6.07) is 2.01. The minimum Gasteiger partial charge on any atom is -0.381 e. The normalized spacial score (nSPS) is 25.0. The van der Waals surface area contributed by atoms with E-state index in [1.807, 2.05) is 16.8 Å². The van der Waals surface area contributed by atoms with Crippen molar-refractivity contribution in [3.8, 4) is 11.4 Å². The number of ether oxygens (including phenoxy) is 1. The van der Waals surface area contributed by atoms with Crippen molar-refractivity contribution in [2.24, 2.45) is 5.73 Å². The van der Waals surface area contributed by atoms with Crippen LogP contribution in [-0.4, -0.2) is 29.4 Å². The highest BCUT2D eigenvalue weighted by Gasteiger charge is 2.29. The van der Waals surface area contributed by atoms with Crippen molar-refractivity contribution >= 4 is 11.3 Å². The maximum Gasteiger partial charge on any atom is 0.233 e. The summed E-state index contributed by atoms with van der Waals surface area (Å²) in [6.07, 6.45) is 0.834. The number of aromatic nitrogens is 2. The molecule has 0 spiro atoms. The summed E-state index contributed by atoms with van der Waals surface area (Å²) in [7, 11) is 0. The van der Waals surface area contributed by atoms with Gasteiger partial charge in [0.2, 0.25) is 11.7 Å². The van der Waals surface area contributed by atoms with Crippen molar-refractivity contribution in [2.45, 2.75) is 18.4 Å². The van der Waals surface area contributed by atoms with E-state index in [4.69, 9.17) is 15.0 Å². The molecule has 1 saturated heterocycles. The van der Waals surface area contributed by atoms with Gasteiger partial charge in [0, 0.05) is 23.6 Å². The first-order valence-electron chi connectivity index (χ1n) is 5.54. The second-order valence-electron chi connectivity index (χ2n) is 4.10. The van der Waals surface area contributed by atoms with Crippen molar-refractivity contribution in [3.05, 3.63) is 22.7 Å². The first kappa shape index (κ1) is 10.9. The van der Waals surface area contributed by atoms with Crippen LogP contribution in [0, 0.1) is 0 Å². The largest absolute Gasteiger partial charge is 0.381 e. The number of nitrogens with zero attached hydrogens (tertiary/aromatic N) is 2. The predicted molar refractivity (Wildman–Crippen MR) is 63.8 cm³/mol. The van der Waals surface area contributed by atoms with E-state index >= 15 is 0 Å². The monoisotopic (exact) mass is 251 g/mol. The van der Waals surface area contributed by atoms with Crippen molar-refractivity contribution < 1.29 is 9.26 Å². The van der Waals surface area contributed by atoms with E-state index in [1.54, 1.807) is 11.3 Å². The number of nitrogens with two attached hydrogens (primary N) is 1. The Morgan fingerprint density at radius 2 is 2.41 bits per heavy atom. The Labute approximate surface area is 103 Å². The highest BCUT2D eigenvalue weighted by molar-refractivity contribution is 7.08. The van der Waals surface area contributed by atoms with Crippen molar-refractivity contribution in [1.82, 2.24) is 10.1 Å². The van der Waals surface area contributed by atoms with Crippen LogP contribution in [0.15, 0.2) is 21.3 Å². The van der Waals surface area contributed by atoms with Crippen LogP contribution in [0.4, 0.5) is 0 Å². The number of rotatable bonds is 2. The third-order valence-electron chi connectivity index (χ3n) is 2.95. The lowest BCUT2D eigenvalue weighted by atomic mass is 9.97. The molecule has 0 amide bonds. The van der Waals surface area contributed by atoms with Crippen LogP contribution in [-0.2, 0) is 4.74 Å². The van der Waals surface area contributed by atoms with Gasteiger partial charge in [-0.05, 0) is 17.9 Å². The maximum atomic E-state index is 6.03. The molecule has 2 aromatic heterocycles. The molecule has 0 aromatic carbocycles. The second kappa shape index (κ2) is 4.56. The smallest absolute Gasteiger partial charge is 0.233 e. The van der Waals surface area contributed by atoms with E-state index in [1.165, 1.54) is 0 Å². The summed E-state index contributed by atoms with van der Waals surface area (Å²) in [5, 5.41) is 7.96. The molecule has 0 aliphatic carbocycles. The molecule has 3 heterocycles. The molecule has 0 bridgehead atoms. The molecule has 1 fully saturated rings. The Hall–Kier alpha value is -1.24. The molecule has 1 aliphatic rings. The van der Waals surface area contributed by atoms with Crippen molar-refractivity contribution in [1.29, 1.82) is 0 Å². The lowest BCUT2D eigenvalue weighted by Crippen LogP contribution is -2.37. The summed E-state index contributed by atoms with van der Waals surface area (Å²) < 4.78 is 10.7. The molecule has 2 N–H and O–H groups in total. The Morgan fingerprint density at radius 1 is 1.47 bits per heavy atom. The van der Waals surface area contributed by atoms with Crippen LogP contribution in [0.2, 0.25) is 0 Å². The number of hydrogen-bond donors (Lipinski definition) is 1. The molecule has 3 rings (SSSR count). The minimum absolute atomic E-state index is 0.0173. The maximum absolute atomic E-state index is 6.03. The molecule has 0 radical (unpaired) electrons. The predicted octanol–water partition coefficient (Wildman–Crippen LogP) is 1.63. The summed E-state index contributed by atoms with van der Waals surface area (Å²) in [6.45, 7) is 1.27.